The van der Waals surface area contributed by atoms with Gasteiger partial charge < -0.3 is 4.74 Å². The van der Waals surface area contributed by atoms with Gasteiger partial charge in [0.15, 0.2) is 5.60 Å². The summed E-state index contributed by atoms with van der Waals surface area (Å²) in [5.41, 5.74) is 4.38. The van der Waals surface area contributed by atoms with Crippen molar-refractivity contribution in [3.63, 3.8) is 0 Å². The molecule has 3 heteroatoms. The van der Waals surface area contributed by atoms with Crippen LogP contribution in [0.15, 0.2) is 120 Å². The smallest absolute Gasteiger partial charge is 0.340 e. The number of fused-ring (bicyclic) bond motifs is 3. The van der Waals surface area contributed by atoms with Gasteiger partial charge in [-0.15, -0.1) is 0 Å². The van der Waals surface area contributed by atoms with Gasteiger partial charge in [0, 0.05) is 26.7 Å². The van der Waals surface area contributed by atoms with Crippen LogP contribution in [0.2, 0.25) is 0 Å². The monoisotopic (exact) mass is 490 g/mol. The molecule has 0 unspecified atom stereocenters. The zero-order valence-electron chi connectivity index (χ0n) is 17.7. The van der Waals surface area contributed by atoms with Crippen LogP contribution in [0.1, 0.15) is 27.0 Å². The minimum Gasteiger partial charge on any atom is -0.441 e. The maximum absolute atomic E-state index is 13.6. The van der Waals surface area contributed by atoms with Crippen molar-refractivity contribution in [2.45, 2.75) is 5.60 Å². The number of halogens is 1. The number of benzene rings is 5. The van der Waals surface area contributed by atoms with Crippen molar-refractivity contribution in [2.75, 3.05) is 0 Å². The van der Waals surface area contributed by atoms with Gasteiger partial charge in [-0.3, -0.25) is 0 Å². The van der Waals surface area contributed by atoms with Crippen LogP contribution in [-0.4, -0.2) is 5.97 Å². The number of ether oxygens (including phenoxy) is 1. The van der Waals surface area contributed by atoms with Crippen molar-refractivity contribution in [1.29, 1.82) is 0 Å². The maximum atomic E-state index is 13.6. The highest BCUT2D eigenvalue weighted by Crippen LogP contribution is 2.54. The second-order valence-corrected chi connectivity index (χ2v) is 8.95. The Labute approximate surface area is 200 Å². The van der Waals surface area contributed by atoms with Crippen LogP contribution in [0.4, 0.5) is 0 Å². The van der Waals surface area contributed by atoms with Gasteiger partial charge in [-0.25, -0.2) is 4.79 Å². The lowest BCUT2D eigenvalue weighted by molar-refractivity contribution is 0.0251. The van der Waals surface area contributed by atoms with E-state index in [2.05, 4.69) is 34.1 Å². The molecule has 0 fully saturated rings. The summed E-state index contributed by atoms with van der Waals surface area (Å²) in [5, 5.41) is 1.91. The highest BCUT2D eigenvalue weighted by molar-refractivity contribution is 9.10. The molecule has 33 heavy (non-hydrogen) atoms. The molecule has 0 aliphatic carbocycles. The summed E-state index contributed by atoms with van der Waals surface area (Å²) in [6.45, 7) is 0. The Morgan fingerprint density at radius 1 is 0.576 bits per heavy atom. The first-order valence-electron chi connectivity index (χ1n) is 10.9. The predicted molar refractivity (Wildman–Crippen MR) is 135 cm³/mol. The van der Waals surface area contributed by atoms with Crippen LogP contribution < -0.4 is 0 Å². The average Bonchev–Trinajstić information content (AvgIpc) is 3.20. The van der Waals surface area contributed by atoms with E-state index in [1.807, 2.05) is 97.1 Å². The molecule has 1 aliphatic rings. The molecule has 0 atom stereocenters. The van der Waals surface area contributed by atoms with E-state index in [0.29, 0.717) is 5.56 Å². The summed E-state index contributed by atoms with van der Waals surface area (Å²) in [6, 6.07) is 38.4. The fourth-order valence-electron chi connectivity index (χ4n) is 5.00. The maximum Gasteiger partial charge on any atom is 0.340 e. The van der Waals surface area contributed by atoms with Gasteiger partial charge in [0.1, 0.15) is 0 Å². The number of cyclic esters (lactones) is 1. The van der Waals surface area contributed by atoms with Gasteiger partial charge in [0.2, 0.25) is 0 Å². The van der Waals surface area contributed by atoms with Crippen LogP contribution >= 0.6 is 15.9 Å². The Balaban J connectivity index is 1.82. The van der Waals surface area contributed by atoms with E-state index in [-0.39, 0.29) is 5.97 Å². The van der Waals surface area contributed by atoms with E-state index >= 15 is 0 Å². The highest BCUT2D eigenvalue weighted by Gasteiger charge is 2.51. The molecule has 5 aromatic carbocycles. The lowest BCUT2D eigenvalue weighted by atomic mass is 9.77. The van der Waals surface area contributed by atoms with Crippen molar-refractivity contribution in [2.24, 2.45) is 0 Å². The molecule has 5 aromatic rings. The Kier molecular flexibility index (Phi) is 4.67. The van der Waals surface area contributed by atoms with E-state index in [4.69, 9.17) is 4.74 Å². The summed E-state index contributed by atoms with van der Waals surface area (Å²) < 4.78 is 7.28. The molecule has 0 radical (unpaired) electrons. The van der Waals surface area contributed by atoms with Crippen molar-refractivity contribution in [3.8, 4) is 11.1 Å². The van der Waals surface area contributed by atoms with Crippen molar-refractivity contribution in [1.82, 2.24) is 0 Å². The predicted octanol–water partition coefficient (Wildman–Crippen LogP) is 7.73. The SMILES string of the molecule is O=C1OC(c2ccccc2)(c2ccccc2)c2c(Br)c(-c3ccccc3)c3ccccc3c21. The van der Waals surface area contributed by atoms with E-state index in [1.54, 1.807) is 0 Å². The first-order chi connectivity index (χ1) is 16.2. The molecule has 1 aliphatic heterocycles. The fourth-order valence-corrected chi connectivity index (χ4v) is 5.92. The standard InChI is InChI=1S/C30H19BrO2/c31-28-25(20-12-4-1-5-13-20)23-18-10-11-19-24(23)26-27(28)30(33-29(26)32,21-14-6-2-7-15-21)22-16-8-3-9-17-22/h1-19H. The Bertz CT molecular complexity index is 1450. The van der Waals surface area contributed by atoms with Crippen molar-refractivity contribution < 1.29 is 9.53 Å². The minimum atomic E-state index is -1.05. The largest absolute Gasteiger partial charge is 0.441 e. The second kappa shape index (κ2) is 7.72. The molecule has 0 aromatic heterocycles. The van der Waals surface area contributed by atoms with Crippen molar-refractivity contribution >= 4 is 32.7 Å². The topological polar surface area (TPSA) is 26.3 Å². The molecule has 0 spiro atoms. The lowest BCUT2D eigenvalue weighted by Gasteiger charge is -2.31. The molecular formula is C30H19BrO2. The summed E-state index contributed by atoms with van der Waals surface area (Å²) in [5.74, 6) is -0.311. The van der Waals surface area contributed by atoms with Crippen LogP contribution in [0.25, 0.3) is 21.9 Å². The molecule has 0 N–H and O–H groups in total. The van der Waals surface area contributed by atoms with Crippen LogP contribution in [0.5, 0.6) is 0 Å². The van der Waals surface area contributed by atoms with Crippen LogP contribution in [-0.2, 0) is 10.3 Å². The van der Waals surface area contributed by atoms with E-state index in [9.17, 15) is 4.79 Å². The molecule has 0 amide bonds. The molecule has 1 heterocycles. The summed E-state index contributed by atoms with van der Waals surface area (Å²) in [4.78, 5) is 13.6. The van der Waals surface area contributed by atoms with Gasteiger partial charge in [0.25, 0.3) is 0 Å². The first-order valence-corrected chi connectivity index (χ1v) is 11.7. The average molecular weight is 491 g/mol. The van der Waals surface area contributed by atoms with Gasteiger partial charge in [-0.2, -0.15) is 0 Å². The lowest BCUT2D eigenvalue weighted by Crippen LogP contribution is -2.30. The third-order valence-electron chi connectivity index (χ3n) is 6.38. The van der Waals surface area contributed by atoms with Crippen LogP contribution in [0.3, 0.4) is 0 Å². The molecule has 2 nitrogen and oxygen atoms in total. The van der Waals surface area contributed by atoms with Gasteiger partial charge in [-0.05, 0) is 32.3 Å². The normalized spacial score (nSPS) is 14.2. The van der Waals surface area contributed by atoms with E-state index in [0.717, 1.165) is 43.1 Å². The van der Waals surface area contributed by atoms with E-state index in [1.165, 1.54) is 0 Å². The van der Waals surface area contributed by atoms with Gasteiger partial charge in [0.05, 0.1) is 5.56 Å². The third kappa shape index (κ3) is 2.89. The Morgan fingerprint density at radius 2 is 1.03 bits per heavy atom. The number of hydrogen-bond donors (Lipinski definition) is 0. The molecule has 0 bridgehead atoms. The van der Waals surface area contributed by atoms with Gasteiger partial charge in [-0.1, -0.05) is 115 Å². The Morgan fingerprint density at radius 3 is 1.58 bits per heavy atom. The van der Waals surface area contributed by atoms with E-state index < -0.39 is 5.60 Å². The fraction of sp³-hybridized carbons (Fsp3) is 0.0333. The second-order valence-electron chi connectivity index (χ2n) is 8.15. The zero-order valence-corrected chi connectivity index (χ0v) is 19.3. The summed E-state index contributed by atoms with van der Waals surface area (Å²) in [7, 11) is 0. The quantitative estimate of drug-likeness (QED) is 0.242. The third-order valence-corrected chi connectivity index (χ3v) is 7.17. The molecule has 0 saturated carbocycles. The highest BCUT2D eigenvalue weighted by atomic mass is 79.9. The van der Waals surface area contributed by atoms with Crippen LogP contribution in [0, 0.1) is 0 Å². The summed E-state index contributed by atoms with van der Waals surface area (Å²) in [6.07, 6.45) is 0. The number of hydrogen-bond acceptors (Lipinski definition) is 2. The zero-order chi connectivity index (χ0) is 22.4. The molecule has 0 saturated heterocycles. The number of rotatable bonds is 3. The molecule has 158 valence electrons. The van der Waals surface area contributed by atoms with Gasteiger partial charge >= 0.3 is 5.97 Å². The summed E-state index contributed by atoms with van der Waals surface area (Å²) >= 11 is 3.96. The number of carbonyl (C=O) groups is 1. The van der Waals surface area contributed by atoms with Crippen molar-refractivity contribution in [3.05, 3.63) is 142 Å². The Hall–Kier alpha value is -3.69. The minimum absolute atomic E-state index is 0.311. The molecular weight excluding hydrogens is 472 g/mol. The number of carbonyl (C=O) groups excluding carboxylic acids is 1. The first kappa shape index (κ1) is 20.0. The molecule has 6 rings (SSSR count). The number of esters is 1.